The Hall–Kier alpha value is -8.47. The normalized spacial score (nSPS) is 11.5. The van der Waals surface area contributed by atoms with Crippen LogP contribution in [0.4, 0.5) is 0 Å². The van der Waals surface area contributed by atoms with E-state index in [0.29, 0.717) is 17.5 Å². The van der Waals surface area contributed by atoms with Gasteiger partial charge in [0.25, 0.3) is 0 Å². The quantitative estimate of drug-likeness (QED) is 0.161. The summed E-state index contributed by atoms with van der Waals surface area (Å²) in [7, 11) is 0. The van der Waals surface area contributed by atoms with Gasteiger partial charge in [0.05, 0.1) is 0 Å². The molecule has 0 fully saturated rings. The molecule has 0 amide bonds. The van der Waals surface area contributed by atoms with Crippen molar-refractivity contribution in [2.24, 2.45) is 0 Å². The van der Waals surface area contributed by atoms with Gasteiger partial charge in [-0.3, -0.25) is 0 Å². The second kappa shape index (κ2) is 15.2. The molecule has 0 spiro atoms. The topological polar surface area (TPSA) is 51.8 Å². The Morgan fingerprint density at radius 1 is 0.270 bits per heavy atom. The molecule has 0 aliphatic carbocycles. The predicted molar refractivity (Wildman–Crippen MR) is 260 cm³/mol. The third-order valence-corrected chi connectivity index (χ3v) is 12.1. The molecule has 0 unspecified atom stereocenters. The molecule has 0 radical (unpaired) electrons. The molecule has 0 bridgehead atoms. The first-order chi connectivity index (χ1) is 31.2. The van der Waals surface area contributed by atoms with Gasteiger partial charge in [-0.05, 0) is 96.9 Å². The zero-order chi connectivity index (χ0) is 41.7. The summed E-state index contributed by atoms with van der Waals surface area (Å²) in [4.78, 5) is 16.0. The molecule has 0 saturated heterocycles. The summed E-state index contributed by atoms with van der Waals surface area (Å²) < 4.78 is 6.50. The number of hydrogen-bond acceptors (Lipinski definition) is 4. The molecular weight excluding hydrogens is 767 g/mol. The summed E-state index contributed by atoms with van der Waals surface area (Å²) in [5.74, 6) is 1.80. The van der Waals surface area contributed by atoms with Gasteiger partial charge in [-0.15, -0.1) is 0 Å². The van der Waals surface area contributed by atoms with Crippen molar-refractivity contribution < 1.29 is 4.42 Å². The second-order valence-corrected chi connectivity index (χ2v) is 16.0. The maximum absolute atomic E-state index is 6.50. The zero-order valence-corrected chi connectivity index (χ0v) is 34.1. The summed E-state index contributed by atoms with van der Waals surface area (Å²) in [6.07, 6.45) is 0. The van der Waals surface area contributed by atoms with E-state index in [4.69, 9.17) is 19.4 Å². The van der Waals surface area contributed by atoms with E-state index >= 15 is 0 Å². The Balaban J connectivity index is 1.14. The van der Waals surface area contributed by atoms with Crippen LogP contribution in [0.3, 0.4) is 0 Å². The lowest BCUT2D eigenvalue weighted by atomic mass is 9.86. The largest absolute Gasteiger partial charge is 0.456 e. The molecule has 4 nitrogen and oxygen atoms in total. The fourth-order valence-electron chi connectivity index (χ4n) is 9.00. The van der Waals surface area contributed by atoms with Crippen molar-refractivity contribution in [3.63, 3.8) is 0 Å². The monoisotopic (exact) mass is 803 g/mol. The van der Waals surface area contributed by atoms with Crippen molar-refractivity contribution in [2.45, 2.75) is 0 Å². The van der Waals surface area contributed by atoms with E-state index in [1.807, 2.05) is 6.07 Å². The van der Waals surface area contributed by atoms with Gasteiger partial charge >= 0.3 is 0 Å². The Morgan fingerprint density at radius 3 is 1.52 bits per heavy atom. The molecule has 0 N–H and O–H groups in total. The molecule has 0 aliphatic rings. The van der Waals surface area contributed by atoms with Gasteiger partial charge in [0, 0.05) is 33.0 Å². The number of hydrogen-bond donors (Lipinski definition) is 0. The van der Waals surface area contributed by atoms with E-state index in [1.54, 1.807) is 0 Å². The SMILES string of the molecule is c1ccc(-c2ccc(-c3nc(-c4ccc5ccccc5c4)nc(-c4cc(-c5ccccc5)cc(-c5ccc6oc7ccc8ccccc8c7c6c5)c4-c4ccccc4)n3)cc2)cc1. The summed E-state index contributed by atoms with van der Waals surface area (Å²) >= 11 is 0. The maximum atomic E-state index is 6.50. The minimum Gasteiger partial charge on any atom is -0.456 e. The van der Waals surface area contributed by atoms with Crippen LogP contribution in [0, 0.1) is 0 Å². The van der Waals surface area contributed by atoms with Crippen molar-refractivity contribution in [3.8, 4) is 78.7 Å². The first kappa shape index (κ1) is 36.4. The third-order valence-electron chi connectivity index (χ3n) is 12.1. The van der Waals surface area contributed by atoms with Crippen LogP contribution < -0.4 is 0 Å². The molecule has 0 atom stereocenters. The first-order valence-electron chi connectivity index (χ1n) is 21.2. The van der Waals surface area contributed by atoms with Crippen LogP contribution >= 0.6 is 0 Å². The zero-order valence-electron chi connectivity index (χ0n) is 34.1. The first-order valence-corrected chi connectivity index (χ1v) is 21.2. The Labute approximate surface area is 364 Å². The van der Waals surface area contributed by atoms with Crippen molar-refractivity contribution in [2.75, 3.05) is 0 Å². The average Bonchev–Trinajstić information content (AvgIpc) is 3.75. The highest BCUT2D eigenvalue weighted by Gasteiger charge is 2.22. The van der Waals surface area contributed by atoms with Crippen molar-refractivity contribution in [3.05, 3.63) is 224 Å². The Kier molecular flexibility index (Phi) is 8.79. The van der Waals surface area contributed by atoms with E-state index in [2.05, 4.69) is 218 Å². The second-order valence-electron chi connectivity index (χ2n) is 16.0. The Bertz CT molecular complexity index is 3650. The fraction of sp³-hybridized carbons (Fsp3) is 0. The predicted octanol–water partition coefficient (Wildman–Crippen LogP) is 15.7. The molecule has 63 heavy (non-hydrogen) atoms. The summed E-state index contributed by atoms with van der Waals surface area (Å²) in [6, 6.07) is 78.9. The molecule has 12 aromatic rings. The number of fused-ring (bicyclic) bond motifs is 6. The van der Waals surface area contributed by atoms with Crippen molar-refractivity contribution in [1.29, 1.82) is 0 Å². The lowest BCUT2D eigenvalue weighted by molar-refractivity contribution is 0.669. The van der Waals surface area contributed by atoms with Crippen molar-refractivity contribution >= 4 is 43.5 Å². The lowest BCUT2D eigenvalue weighted by Crippen LogP contribution is -2.02. The molecule has 0 aliphatic heterocycles. The van der Waals surface area contributed by atoms with Crippen LogP contribution in [0.15, 0.2) is 229 Å². The fourth-order valence-corrected chi connectivity index (χ4v) is 9.00. The van der Waals surface area contributed by atoms with Crippen LogP contribution in [0.2, 0.25) is 0 Å². The molecule has 4 heteroatoms. The summed E-state index contributed by atoms with van der Waals surface area (Å²) in [5.41, 5.74) is 13.1. The van der Waals surface area contributed by atoms with Crippen LogP contribution in [-0.2, 0) is 0 Å². The smallest absolute Gasteiger partial charge is 0.164 e. The van der Waals surface area contributed by atoms with E-state index in [1.165, 1.54) is 10.8 Å². The van der Waals surface area contributed by atoms with Crippen LogP contribution in [0.5, 0.6) is 0 Å². The van der Waals surface area contributed by atoms with Gasteiger partial charge in [-0.25, -0.2) is 15.0 Å². The van der Waals surface area contributed by atoms with Gasteiger partial charge in [0.1, 0.15) is 11.2 Å². The number of furan rings is 1. The minimum absolute atomic E-state index is 0.592. The van der Waals surface area contributed by atoms with Gasteiger partial charge in [-0.2, -0.15) is 0 Å². The summed E-state index contributed by atoms with van der Waals surface area (Å²) in [6.45, 7) is 0. The number of benzene rings is 10. The highest BCUT2D eigenvalue weighted by molar-refractivity contribution is 6.19. The van der Waals surface area contributed by atoms with Gasteiger partial charge in [0.2, 0.25) is 0 Å². The number of rotatable bonds is 7. The molecule has 2 aromatic heterocycles. The molecular formula is C59H37N3O. The maximum Gasteiger partial charge on any atom is 0.164 e. The molecule has 2 heterocycles. The van der Waals surface area contributed by atoms with Crippen LogP contribution in [0.25, 0.3) is 122 Å². The van der Waals surface area contributed by atoms with Crippen LogP contribution in [-0.4, -0.2) is 15.0 Å². The highest BCUT2D eigenvalue weighted by Crippen LogP contribution is 2.45. The van der Waals surface area contributed by atoms with Crippen molar-refractivity contribution in [1.82, 2.24) is 15.0 Å². The van der Waals surface area contributed by atoms with E-state index in [9.17, 15) is 0 Å². The average molecular weight is 804 g/mol. The van der Waals surface area contributed by atoms with Gasteiger partial charge in [-0.1, -0.05) is 188 Å². The molecule has 12 rings (SSSR count). The third kappa shape index (κ3) is 6.62. The number of nitrogens with zero attached hydrogens (tertiary/aromatic N) is 3. The van der Waals surface area contributed by atoms with E-state index in [0.717, 1.165) is 93.9 Å². The molecule has 10 aromatic carbocycles. The molecule has 294 valence electrons. The summed E-state index contributed by atoms with van der Waals surface area (Å²) in [5, 5.41) is 6.83. The minimum atomic E-state index is 0.592. The Morgan fingerprint density at radius 2 is 0.778 bits per heavy atom. The lowest BCUT2D eigenvalue weighted by Gasteiger charge is -2.19. The van der Waals surface area contributed by atoms with Crippen LogP contribution in [0.1, 0.15) is 0 Å². The standard InChI is InChI=1S/C59H37N3O/c1-4-14-38(15-5-1)41-24-27-44(28-25-41)57-60-58(47-29-26-40-18-10-11-22-45(40)34-47)62-59(61-57)52-37-48(39-16-6-2-7-17-39)36-50(55(52)43-20-8-3-9-21-43)46-31-32-53-51(35-46)56-49-23-13-12-19-42(49)30-33-54(56)63-53/h1-37H. The van der Waals surface area contributed by atoms with E-state index < -0.39 is 0 Å². The van der Waals surface area contributed by atoms with E-state index in [-0.39, 0.29) is 0 Å². The molecule has 0 saturated carbocycles. The highest BCUT2D eigenvalue weighted by atomic mass is 16.3. The number of aromatic nitrogens is 3. The van der Waals surface area contributed by atoms with Gasteiger partial charge in [0.15, 0.2) is 17.5 Å². The van der Waals surface area contributed by atoms with Gasteiger partial charge < -0.3 is 4.42 Å².